The quantitative estimate of drug-likeness (QED) is 0.331. The Bertz CT molecular complexity index is 873. The summed E-state index contributed by atoms with van der Waals surface area (Å²) in [5, 5.41) is 3.07. The number of fused-ring (bicyclic) bond motifs is 1. The molecule has 0 saturated heterocycles. The molecule has 8 heteroatoms. The molecule has 0 aliphatic carbocycles. The lowest BCUT2D eigenvalue weighted by Gasteiger charge is -2.13. The molecular formula is C21H28IN3O4. The summed E-state index contributed by atoms with van der Waals surface area (Å²) in [4.78, 5) is 4.45. The summed E-state index contributed by atoms with van der Waals surface area (Å²) in [6, 6.07) is 9.50. The first kappa shape index (κ1) is 22.9. The van der Waals surface area contributed by atoms with Gasteiger partial charge in [-0.25, -0.2) is 4.99 Å². The number of aliphatic imine (C=N–C) groups is 1. The van der Waals surface area contributed by atoms with Crippen LogP contribution in [-0.2, 0) is 13.0 Å². The molecule has 1 aliphatic heterocycles. The third kappa shape index (κ3) is 5.59. The van der Waals surface area contributed by atoms with E-state index >= 15 is 0 Å². The zero-order valence-electron chi connectivity index (χ0n) is 17.2. The van der Waals surface area contributed by atoms with Crippen LogP contribution in [-0.4, -0.2) is 32.9 Å². The van der Waals surface area contributed by atoms with Crippen LogP contribution in [0.3, 0.4) is 0 Å². The fraction of sp³-hybridized carbons (Fsp3) is 0.381. The van der Waals surface area contributed by atoms with Crippen LogP contribution in [0.5, 0.6) is 23.0 Å². The predicted molar refractivity (Wildman–Crippen MR) is 125 cm³/mol. The summed E-state index contributed by atoms with van der Waals surface area (Å²) in [5.74, 6) is 3.28. The molecule has 2 aromatic rings. The molecule has 2 aromatic carbocycles. The molecule has 1 atom stereocenters. The molecule has 3 rings (SSSR count). The van der Waals surface area contributed by atoms with Crippen LogP contribution in [0.4, 0.5) is 5.69 Å². The van der Waals surface area contributed by atoms with E-state index in [1.165, 1.54) is 5.56 Å². The SMILES string of the molecule is CCOc1cc2c(cc1CN=C(N)Nc1ccc(OC)c(OC)c1)OC(C)C2.I. The van der Waals surface area contributed by atoms with Gasteiger partial charge in [0.15, 0.2) is 17.5 Å². The maximum atomic E-state index is 6.07. The molecule has 0 bridgehead atoms. The lowest BCUT2D eigenvalue weighted by atomic mass is 10.1. The van der Waals surface area contributed by atoms with Gasteiger partial charge in [-0.2, -0.15) is 0 Å². The maximum absolute atomic E-state index is 6.07. The Labute approximate surface area is 188 Å². The molecule has 0 aromatic heterocycles. The highest BCUT2D eigenvalue weighted by atomic mass is 127. The maximum Gasteiger partial charge on any atom is 0.193 e. The second-order valence-electron chi connectivity index (χ2n) is 6.53. The molecule has 0 amide bonds. The predicted octanol–water partition coefficient (Wildman–Crippen LogP) is 3.97. The minimum atomic E-state index is 0. The normalized spacial score (nSPS) is 15.0. The van der Waals surface area contributed by atoms with Gasteiger partial charge in [0, 0.05) is 29.3 Å². The second kappa shape index (κ2) is 10.4. The number of nitrogens with one attached hydrogen (secondary N) is 1. The number of hydrogen-bond donors (Lipinski definition) is 2. The van der Waals surface area contributed by atoms with Crippen LogP contribution >= 0.6 is 24.0 Å². The molecule has 1 heterocycles. The summed E-state index contributed by atoms with van der Waals surface area (Å²) < 4.78 is 22.2. The standard InChI is InChI=1S/C21H27N3O4.HI/c1-5-27-18-9-14-8-13(2)28-19(14)10-15(18)12-23-21(22)24-16-6-7-17(25-3)20(11-16)26-4;/h6-7,9-11,13H,5,8,12H2,1-4H3,(H3,22,23,24);1H. The Morgan fingerprint density at radius 1 is 1.17 bits per heavy atom. The van der Waals surface area contributed by atoms with Crippen molar-refractivity contribution in [3.8, 4) is 23.0 Å². The zero-order chi connectivity index (χ0) is 20.1. The largest absolute Gasteiger partial charge is 0.494 e. The van der Waals surface area contributed by atoms with Crippen LogP contribution in [0.15, 0.2) is 35.3 Å². The first-order chi connectivity index (χ1) is 13.5. The Hall–Kier alpha value is -2.36. The monoisotopic (exact) mass is 513 g/mol. The number of nitrogens with zero attached hydrogens (tertiary/aromatic N) is 1. The number of ether oxygens (including phenoxy) is 4. The Morgan fingerprint density at radius 3 is 2.62 bits per heavy atom. The summed E-state index contributed by atoms with van der Waals surface area (Å²) in [6.45, 7) is 4.99. The molecule has 158 valence electrons. The van der Waals surface area contributed by atoms with Gasteiger partial charge in [0.25, 0.3) is 0 Å². The molecule has 1 unspecified atom stereocenters. The van der Waals surface area contributed by atoms with Gasteiger partial charge >= 0.3 is 0 Å². The lowest BCUT2D eigenvalue weighted by molar-refractivity contribution is 0.254. The van der Waals surface area contributed by atoms with Gasteiger partial charge in [0.05, 0.1) is 27.4 Å². The highest BCUT2D eigenvalue weighted by molar-refractivity contribution is 14.0. The van der Waals surface area contributed by atoms with Gasteiger partial charge in [-0.3, -0.25) is 0 Å². The van der Waals surface area contributed by atoms with Crippen molar-refractivity contribution in [1.82, 2.24) is 0 Å². The molecule has 0 fully saturated rings. The Balaban J connectivity index is 0.00000300. The fourth-order valence-electron chi connectivity index (χ4n) is 3.17. The Kier molecular flexibility index (Phi) is 8.24. The van der Waals surface area contributed by atoms with E-state index in [2.05, 4.69) is 17.2 Å². The molecule has 1 aliphatic rings. The van der Waals surface area contributed by atoms with Crippen molar-refractivity contribution in [2.75, 3.05) is 26.1 Å². The van der Waals surface area contributed by atoms with Crippen molar-refractivity contribution in [2.24, 2.45) is 10.7 Å². The van der Waals surface area contributed by atoms with E-state index in [1.807, 2.05) is 25.1 Å². The smallest absolute Gasteiger partial charge is 0.193 e. The van der Waals surface area contributed by atoms with Crippen molar-refractivity contribution in [2.45, 2.75) is 32.9 Å². The Morgan fingerprint density at radius 2 is 1.93 bits per heavy atom. The summed E-state index contributed by atoms with van der Waals surface area (Å²) in [5.41, 5.74) is 8.93. The van der Waals surface area contributed by atoms with Gasteiger partial charge in [-0.1, -0.05) is 0 Å². The first-order valence-electron chi connectivity index (χ1n) is 9.28. The van der Waals surface area contributed by atoms with E-state index in [4.69, 9.17) is 24.7 Å². The zero-order valence-corrected chi connectivity index (χ0v) is 19.5. The third-order valence-corrected chi connectivity index (χ3v) is 4.45. The summed E-state index contributed by atoms with van der Waals surface area (Å²) in [7, 11) is 3.18. The van der Waals surface area contributed by atoms with Crippen molar-refractivity contribution in [3.05, 3.63) is 41.5 Å². The molecule has 29 heavy (non-hydrogen) atoms. The van der Waals surface area contributed by atoms with Crippen LogP contribution in [0.2, 0.25) is 0 Å². The van der Waals surface area contributed by atoms with Gasteiger partial charge in [0.2, 0.25) is 0 Å². The average molecular weight is 513 g/mol. The lowest BCUT2D eigenvalue weighted by Crippen LogP contribution is -2.22. The van der Waals surface area contributed by atoms with Crippen molar-refractivity contribution >= 4 is 35.6 Å². The number of nitrogens with two attached hydrogens (primary N) is 1. The van der Waals surface area contributed by atoms with E-state index in [-0.39, 0.29) is 30.1 Å². The van der Waals surface area contributed by atoms with E-state index in [0.29, 0.717) is 30.6 Å². The molecular weight excluding hydrogens is 485 g/mol. The fourth-order valence-corrected chi connectivity index (χ4v) is 3.17. The van der Waals surface area contributed by atoms with Crippen molar-refractivity contribution in [1.29, 1.82) is 0 Å². The van der Waals surface area contributed by atoms with E-state index < -0.39 is 0 Å². The molecule has 0 spiro atoms. The number of benzene rings is 2. The van der Waals surface area contributed by atoms with Crippen LogP contribution < -0.4 is 30.0 Å². The molecule has 7 nitrogen and oxygen atoms in total. The van der Waals surface area contributed by atoms with Gasteiger partial charge < -0.3 is 30.0 Å². The minimum absolute atomic E-state index is 0. The molecule has 0 saturated carbocycles. The van der Waals surface area contributed by atoms with Gasteiger partial charge in [-0.15, -0.1) is 24.0 Å². The topological polar surface area (TPSA) is 87.3 Å². The van der Waals surface area contributed by atoms with Crippen LogP contribution in [0, 0.1) is 0 Å². The first-order valence-corrected chi connectivity index (χ1v) is 9.28. The van der Waals surface area contributed by atoms with Crippen LogP contribution in [0.25, 0.3) is 0 Å². The van der Waals surface area contributed by atoms with E-state index in [0.717, 1.165) is 29.2 Å². The summed E-state index contributed by atoms with van der Waals surface area (Å²) >= 11 is 0. The number of anilines is 1. The van der Waals surface area contributed by atoms with Crippen molar-refractivity contribution < 1.29 is 18.9 Å². The van der Waals surface area contributed by atoms with Crippen LogP contribution in [0.1, 0.15) is 25.0 Å². The highest BCUT2D eigenvalue weighted by Crippen LogP contribution is 2.35. The van der Waals surface area contributed by atoms with Crippen molar-refractivity contribution in [3.63, 3.8) is 0 Å². The number of hydrogen-bond acceptors (Lipinski definition) is 5. The number of halogens is 1. The summed E-state index contributed by atoms with van der Waals surface area (Å²) in [6.07, 6.45) is 1.07. The number of guanidine groups is 1. The average Bonchev–Trinajstić information content (AvgIpc) is 3.05. The second-order valence-corrected chi connectivity index (χ2v) is 6.53. The number of rotatable bonds is 7. The minimum Gasteiger partial charge on any atom is -0.494 e. The molecule has 3 N–H and O–H groups in total. The number of methoxy groups -OCH3 is 2. The third-order valence-electron chi connectivity index (χ3n) is 4.45. The van der Waals surface area contributed by atoms with E-state index in [1.54, 1.807) is 26.4 Å². The van der Waals surface area contributed by atoms with Gasteiger partial charge in [-0.05, 0) is 38.1 Å². The molecule has 0 radical (unpaired) electrons. The van der Waals surface area contributed by atoms with Gasteiger partial charge in [0.1, 0.15) is 17.6 Å². The van der Waals surface area contributed by atoms with E-state index in [9.17, 15) is 0 Å². The highest BCUT2D eigenvalue weighted by Gasteiger charge is 2.21.